The molecular formula is C30H50F3N7O7S. The number of likely N-dealkylation sites (tertiary alicyclic amines) is 1. The Morgan fingerprint density at radius 3 is 1.96 bits per heavy atom. The van der Waals surface area contributed by atoms with Crippen LogP contribution < -0.4 is 21.3 Å². The highest BCUT2D eigenvalue weighted by Gasteiger charge is 2.70. The van der Waals surface area contributed by atoms with Crippen LogP contribution in [0.5, 0.6) is 0 Å². The molecule has 2 heterocycles. The number of hydrogen-bond acceptors (Lipinski definition) is 7. The van der Waals surface area contributed by atoms with Crippen LogP contribution >= 0.6 is 0 Å². The molecule has 2 aliphatic heterocycles. The number of alkyl halides is 3. The Morgan fingerprint density at radius 2 is 1.50 bits per heavy atom. The SMILES string of the molecule is CNC(=O)C(=O)C(CC(F)(F)F)NC(=O)[C@@H]1[C@@H]2[C@H](CN1C(=O)[C@@H](NC(=O)N[C@H](CN1CCN(C)S1(=O)=O)C(C)(C)C)C(C)(C)C)C2(C)C. The van der Waals surface area contributed by atoms with E-state index < -0.39 is 98.7 Å². The van der Waals surface area contributed by atoms with Gasteiger partial charge in [0.2, 0.25) is 17.6 Å². The zero-order chi connectivity index (χ0) is 36.9. The second kappa shape index (κ2) is 13.4. The first-order valence-corrected chi connectivity index (χ1v) is 17.3. The molecule has 5 amide bonds. The van der Waals surface area contributed by atoms with Crippen LogP contribution in [0.2, 0.25) is 0 Å². The minimum atomic E-state index is -4.89. The summed E-state index contributed by atoms with van der Waals surface area (Å²) in [7, 11) is -1.15. The first-order chi connectivity index (χ1) is 21.6. The molecule has 0 aromatic heterocycles. The Labute approximate surface area is 280 Å². The fourth-order valence-corrected chi connectivity index (χ4v) is 7.90. The number of rotatable bonds is 10. The standard InChI is InChI=1S/C30H50F3N7O7S/c1-27(2,3)18(15-39-12-11-38(10)48(39,46)47)36-26(45)37-22(28(4,5)6)25(44)40-14-16-19(29(16,7)8)20(40)23(42)35-17(13-30(31,32)33)21(41)24(43)34-9/h16-20,22H,11-15H2,1-10H3,(H,34,43)(H,35,42)(H2,36,37,45)/t16-,17?,18+,19-,20-,22+/m0/s1. The lowest BCUT2D eigenvalue weighted by Gasteiger charge is -2.39. The summed E-state index contributed by atoms with van der Waals surface area (Å²) in [5.41, 5.74) is -1.95. The number of carbonyl (C=O) groups excluding carboxylic acids is 5. The van der Waals surface area contributed by atoms with Crippen molar-refractivity contribution in [2.75, 3.05) is 40.3 Å². The lowest BCUT2D eigenvalue weighted by molar-refractivity contribution is -0.155. The van der Waals surface area contributed by atoms with E-state index in [2.05, 4.69) is 16.0 Å². The molecule has 0 bridgehead atoms. The molecule has 0 aromatic carbocycles. The Hall–Kier alpha value is -2.99. The minimum absolute atomic E-state index is 0.0155. The van der Waals surface area contributed by atoms with Gasteiger partial charge in [0.15, 0.2) is 0 Å². The van der Waals surface area contributed by atoms with Crippen molar-refractivity contribution < 1.29 is 45.6 Å². The molecule has 0 aromatic rings. The normalized spacial score (nSPS) is 25.8. The van der Waals surface area contributed by atoms with E-state index >= 15 is 0 Å². The zero-order valence-corrected chi connectivity index (χ0v) is 30.1. The third kappa shape index (κ3) is 8.41. The number of Topliss-reactive ketones (excluding diaryl/α,β-unsaturated/α-hetero) is 1. The summed E-state index contributed by atoms with van der Waals surface area (Å²) in [6, 6.07) is -6.10. The van der Waals surface area contributed by atoms with Gasteiger partial charge in [-0.2, -0.15) is 30.2 Å². The number of ketones is 1. The molecule has 6 atom stereocenters. The molecule has 48 heavy (non-hydrogen) atoms. The highest BCUT2D eigenvalue weighted by molar-refractivity contribution is 7.87. The lowest BCUT2D eigenvalue weighted by atomic mass is 9.85. The van der Waals surface area contributed by atoms with E-state index in [-0.39, 0.29) is 25.6 Å². The van der Waals surface area contributed by atoms with E-state index in [0.717, 1.165) is 7.05 Å². The summed E-state index contributed by atoms with van der Waals surface area (Å²) in [4.78, 5) is 67.1. The maximum atomic E-state index is 14.2. The highest BCUT2D eigenvalue weighted by atomic mass is 32.2. The van der Waals surface area contributed by atoms with Crippen LogP contribution in [0.1, 0.15) is 61.8 Å². The molecule has 3 fully saturated rings. The van der Waals surface area contributed by atoms with E-state index in [0.29, 0.717) is 6.54 Å². The molecule has 1 unspecified atom stereocenters. The van der Waals surface area contributed by atoms with E-state index in [4.69, 9.17) is 0 Å². The Kier molecular flexibility index (Phi) is 11.0. The van der Waals surface area contributed by atoms with Crippen LogP contribution in [0.25, 0.3) is 0 Å². The maximum absolute atomic E-state index is 14.2. The van der Waals surface area contributed by atoms with Crippen LogP contribution in [0, 0.1) is 28.1 Å². The van der Waals surface area contributed by atoms with Crippen molar-refractivity contribution in [3.05, 3.63) is 0 Å². The largest absolute Gasteiger partial charge is 0.391 e. The number of piperidine rings is 1. The lowest BCUT2D eigenvalue weighted by Crippen LogP contribution is -2.63. The average molecular weight is 710 g/mol. The van der Waals surface area contributed by atoms with Crippen LogP contribution in [-0.2, 0) is 29.4 Å². The van der Waals surface area contributed by atoms with Crippen molar-refractivity contribution in [1.29, 1.82) is 0 Å². The Bertz CT molecular complexity index is 1410. The predicted molar refractivity (Wildman–Crippen MR) is 169 cm³/mol. The Balaban J connectivity index is 1.86. The molecule has 14 nitrogen and oxygen atoms in total. The molecule has 1 aliphatic carbocycles. The number of amides is 5. The topological polar surface area (TPSA) is 177 Å². The molecule has 0 spiro atoms. The minimum Gasteiger partial charge on any atom is -0.353 e. The fraction of sp³-hybridized carbons (Fsp3) is 0.833. The van der Waals surface area contributed by atoms with Gasteiger partial charge in [-0.15, -0.1) is 0 Å². The maximum Gasteiger partial charge on any atom is 0.391 e. The molecule has 1 saturated carbocycles. The fourth-order valence-electron chi connectivity index (χ4n) is 6.54. The molecular weight excluding hydrogens is 659 g/mol. The Morgan fingerprint density at radius 1 is 0.917 bits per heavy atom. The van der Waals surface area contributed by atoms with Crippen molar-refractivity contribution in [2.45, 2.75) is 92.2 Å². The van der Waals surface area contributed by atoms with Gasteiger partial charge in [0.25, 0.3) is 16.1 Å². The molecule has 2 saturated heterocycles. The van der Waals surface area contributed by atoms with Crippen LogP contribution in [0.15, 0.2) is 0 Å². The van der Waals surface area contributed by atoms with Gasteiger partial charge >= 0.3 is 12.2 Å². The first-order valence-electron chi connectivity index (χ1n) is 15.9. The predicted octanol–water partition coefficient (Wildman–Crippen LogP) is 0.843. The zero-order valence-electron chi connectivity index (χ0n) is 29.2. The van der Waals surface area contributed by atoms with Crippen molar-refractivity contribution in [2.24, 2.45) is 28.1 Å². The van der Waals surface area contributed by atoms with Crippen LogP contribution in [0.4, 0.5) is 18.0 Å². The van der Waals surface area contributed by atoms with Gasteiger partial charge in [0.05, 0.1) is 6.42 Å². The third-order valence-electron chi connectivity index (χ3n) is 9.79. The van der Waals surface area contributed by atoms with Crippen molar-refractivity contribution in [1.82, 2.24) is 34.8 Å². The molecule has 3 rings (SSSR count). The van der Waals surface area contributed by atoms with E-state index in [1.54, 1.807) is 20.8 Å². The van der Waals surface area contributed by atoms with Gasteiger partial charge in [0.1, 0.15) is 18.1 Å². The first kappa shape index (κ1) is 39.4. The van der Waals surface area contributed by atoms with Crippen LogP contribution in [0.3, 0.4) is 0 Å². The van der Waals surface area contributed by atoms with Crippen LogP contribution in [-0.4, -0.2) is 122 Å². The molecule has 4 N–H and O–H groups in total. The average Bonchev–Trinajstić information content (AvgIpc) is 3.20. The number of carbonyl (C=O) groups is 5. The molecule has 274 valence electrons. The summed E-state index contributed by atoms with van der Waals surface area (Å²) in [6.45, 7) is 14.9. The molecule has 0 radical (unpaired) electrons. The second-order valence-electron chi connectivity index (χ2n) is 15.7. The van der Waals surface area contributed by atoms with Gasteiger partial charge in [-0.25, -0.2) is 4.79 Å². The summed E-state index contributed by atoms with van der Waals surface area (Å²) in [5, 5.41) is 9.60. The van der Waals surface area contributed by atoms with Crippen molar-refractivity contribution in [3.8, 4) is 0 Å². The molecule has 18 heteroatoms. The van der Waals surface area contributed by atoms with E-state index in [1.807, 2.05) is 39.9 Å². The quantitative estimate of drug-likeness (QED) is 0.243. The third-order valence-corrected chi connectivity index (χ3v) is 11.7. The highest BCUT2D eigenvalue weighted by Crippen LogP contribution is 2.65. The van der Waals surface area contributed by atoms with Gasteiger partial charge < -0.3 is 26.2 Å². The number of halogens is 3. The number of urea groups is 1. The van der Waals surface area contributed by atoms with Gasteiger partial charge in [-0.3, -0.25) is 19.2 Å². The number of hydrogen-bond donors (Lipinski definition) is 4. The van der Waals surface area contributed by atoms with E-state index in [1.165, 1.54) is 20.6 Å². The van der Waals surface area contributed by atoms with Crippen molar-refractivity contribution in [3.63, 3.8) is 0 Å². The van der Waals surface area contributed by atoms with Crippen molar-refractivity contribution >= 4 is 39.7 Å². The van der Waals surface area contributed by atoms with Gasteiger partial charge in [-0.1, -0.05) is 55.4 Å². The van der Waals surface area contributed by atoms with Gasteiger partial charge in [0, 0.05) is 46.3 Å². The smallest absolute Gasteiger partial charge is 0.353 e. The number of likely N-dealkylation sites (N-methyl/N-ethyl adjacent to an activating group) is 2. The molecule has 3 aliphatic rings. The number of fused-ring (bicyclic) bond motifs is 1. The second-order valence-corrected chi connectivity index (χ2v) is 17.8. The summed E-state index contributed by atoms with van der Waals surface area (Å²) in [6.07, 6.45) is -6.66. The van der Waals surface area contributed by atoms with E-state index in [9.17, 15) is 45.6 Å². The summed E-state index contributed by atoms with van der Waals surface area (Å²) in [5.74, 6) is -5.05. The monoisotopic (exact) mass is 709 g/mol. The van der Waals surface area contributed by atoms with Gasteiger partial charge in [-0.05, 0) is 28.1 Å². The summed E-state index contributed by atoms with van der Waals surface area (Å²) >= 11 is 0. The summed E-state index contributed by atoms with van der Waals surface area (Å²) < 4.78 is 68.1. The number of nitrogens with one attached hydrogen (secondary N) is 4. The number of nitrogens with zero attached hydrogens (tertiary/aromatic N) is 3.